The Hall–Kier alpha value is -1.07. The van der Waals surface area contributed by atoms with Crippen molar-refractivity contribution in [1.29, 1.82) is 0 Å². The van der Waals surface area contributed by atoms with Crippen LogP contribution in [-0.2, 0) is 26.5 Å². The lowest BCUT2D eigenvalue weighted by molar-refractivity contribution is 0.0218. The van der Waals surface area contributed by atoms with E-state index in [-0.39, 0.29) is 42.5 Å². The maximum absolute atomic E-state index is 13.9. The van der Waals surface area contributed by atoms with Crippen LogP contribution in [0.5, 0.6) is 0 Å². The first kappa shape index (κ1) is 22.1. The number of hydrogen-bond acceptors (Lipinski definition) is 5. The van der Waals surface area contributed by atoms with E-state index in [9.17, 15) is 21.2 Å². The summed E-state index contributed by atoms with van der Waals surface area (Å²) in [6.07, 6.45) is 4.74. The zero-order chi connectivity index (χ0) is 21.5. The molecule has 3 aliphatic rings. The second-order valence-electron chi connectivity index (χ2n) is 8.76. The molecule has 0 aromatic heterocycles. The van der Waals surface area contributed by atoms with Gasteiger partial charge < -0.3 is 0 Å². The molecule has 1 aromatic carbocycles. The standard InChI is InChI=1S/C20H30FN3O4S2/c1-29(25,26)22-8-3-11-30(27,28)24-9-2-4-16-14-23-10-7-15-5-6-17(21)12-18(15)20(23)13-19(16)24/h5-6,12,16,19-20,22H,2-4,7-11,13-14H2,1H3/t16-,19+,20-/m0/s1. The summed E-state index contributed by atoms with van der Waals surface area (Å²) in [7, 11) is -6.81. The number of sulfonamides is 2. The monoisotopic (exact) mass is 459 g/mol. The third kappa shape index (κ3) is 4.72. The molecule has 10 heteroatoms. The highest BCUT2D eigenvalue weighted by Crippen LogP contribution is 2.43. The fourth-order valence-electron chi connectivity index (χ4n) is 5.35. The lowest BCUT2D eigenvalue weighted by atomic mass is 9.77. The van der Waals surface area contributed by atoms with E-state index in [0.717, 1.165) is 49.7 Å². The summed E-state index contributed by atoms with van der Waals surface area (Å²) in [5, 5.41) is 0. The van der Waals surface area contributed by atoms with Gasteiger partial charge in [-0.2, -0.15) is 4.31 Å². The fourth-order valence-corrected chi connectivity index (χ4v) is 7.68. The molecule has 30 heavy (non-hydrogen) atoms. The maximum atomic E-state index is 13.9. The van der Waals surface area contributed by atoms with Crippen LogP contribution in [0.3, 0.4) is 0 Å². The minimum atomic E-state index is -3.49. The number of nitrogens with one attached hydrogen (secondary N) is 1. The molecule has 4 rings (SSSR count). The largest absolute Gasteiger partial charge is 0.296 e. The van der Waals surface area contributed by atoms with Gasteiger partial charge in [0.25, 0.3) is 0 Å². The molecule has 168 valence electrons. The average Bonchev–Trinajstić information content (AvgIpc) is 2.68. The molecule has 0 amide bonds. The second-order valence-corrected chi connectivity index (χ2v) is 12.6. The second kappa shape index (κ2) is 8.46. The van der Waals surface area contributed by atoms with Crippen LogP contribution < -0.4 is 4.72 Å². The molecular formula is C20H30FN3O4S2. The van der Waals surface area contributed by atoms with Gasteiger partial charge in [0.1, 0.15) is 5.82 Å². The molecule has 0 saturated carbocycles. The Balaban J connectivity index is 1.50. The molecule has 0 spiro atoms. The van der Waals surface area contributed by atoms with Crippen molar-refractivity contribution in [2.24, 2.45) is 5.92 Å². The van der Waals surface area contributed by atoms with E-state index < -0.39 is 20.0 Å². The molecule has 2 fully saturated rings. The number of nitrogens with zero attached hydrogens (tertiary/aromatic N) is 2. The van der Waals surface area contributed by atoms with Crippen LogP contribution in [0, 0.1) is 11.7 Å². The van der Waals surface area contributed by atoms with Crippen molar-refractivity contribution in [3.05, 3.63) is 35.1 Å². The van der Waals surface area contributed by atoms with Crippen molar-refractivity contribution in [3.8, 4) is 0 Å². The quantitative estimate of drug-likeness (QED) is 0.651. The predicted molar refractivity (Wildman–Crippen MR) is 114 cm³/mol. The Morgan fingerprint density at radius 2 is 2.00 bits per heavy atom. The zero-order valence-corrected chi connectivity index (χ0v) is 18.9. The van der Waals surface area contributed by atoms with Crippen LogP contribution in [0.1, 0.15) is 42.9 Å². The summed E-state index contributed by atoms with van der Waals surface area (Å²) in [5.41, 5.74) is 2.16. The molecule has 7 nitrogen and oxygen atoms in total. The molecule has 0 unspecified atom stereocenters. The number of halogens is 1. The molecule has 0 aliphatic carbocycles. The van der Waals surface area contributed by atoms with Gasteiger partial charge in [-0.1, -0.05) is 6.07 Å². The van der Waals surface area contributed by atoms with E-state index in [1.54, 1.807) is 10.4 Å². The van der Waals surface area contributed by atoms with E-state index in [0.29, 0.717) is 13.0 Å². The first-order valence-corrected chi connectivity index (χ1v) is 14.1. The van der Waals surface area contributed by atoms with Crippen molar-refractivity contribution < 1.29 is 21.2 Å². The van der Waals surface area contributed by atoms with Gasteiger partial charge >= 0.3 is 0 Å². The first-order chi connectivity index (χ1) is 14.1. The molecule has 3 heterocycles. The Bertz CT molecular complexity index is 999. The van der Waals surface area contributed by atoms with E-state index in [1.165, 1.54) is 6.07 Å². The summed E-state index contributed by atoms with van der Waals surface area (Å²) in [4.78, 5) is 2.40. The third-order valence-electron chi connectivity index (χ3n) is 6.68. The summed E-state index contributed by atoms with van der Waals surface area (Å²) in [6.45, 7) is 2.39. The lowest BCUT2D eigenvalue weighted by Gasteiger charge is -2.51. The van der Waals surface area contributed by atoms with Crippen molar-refractivity contribution in [2.45, 2.75) is 44.2 Å². The lowest BCUT2D eigenvalue weighted by Crippen LogP contribution is -2.57. The Morgan fingerprint density at radius 1 is 1.20 bits per heavy atom. The summed E-state index contributed by atoms with van der Waals surface area (Å²) in [5.74, 6) is -0.0310. The van der Waals surface area contributed by atoms with Gasteiger partial charge in [0, 0.05) is 38.3 Å². The highest BCUT2D eigenvalue weighted by molar-refractivity contribution is 7.89. The van der Waals surface area contributed by atoms with Crippen LogP contribution in [0.15, 0.2) is 18.2 Å². The van der Waals surface area contributed by atoms with E-state index >= 15 is 0 Å². The van der Waals surface area contributed by atoms with Crippen LogP contribution in [0.25, 0.3) is 0 Å². The van der Waals surface area contributed by atoms with Crippen molar-refractivity contribution in [3.63, 3.8) is 0 Å². The average molecular weight is 460 g/mol. The smallest absolute Gasteiger partial charge is 0.214 e. The molecule has 0 bridgehead atoms. The minimum Gasteiger partial charge on any atom is -0.296 e. The Kier molecular flexibility index (Phi) is 6.24. The van der Waals surface area contributed by atoms with Gasteiger partial charge in [-0.05, 0) is 61.3 Å². The molecule has 0 radical (unpaired) electrons. The number of piperidine rings is 2. The summed E-state index contributed by atoms with van der Waals surface area (Å²) in [6, 6.07) is 4.95. The molecular weight excluding hydrogens is 429 g/mol. The number of rotatable bonds is 6. The first-order valence-electron chi connectivity index (χ1n) is 10.6. The van der Waals surface area contributed by atoms with Crippen molar-refractivity contribution >= 4 is 20.0 Å². The maximum Gasteiger partial charge on any atom is 0.214 e. The number of hydrogen-bond donors (Lipinski definition) is 1. The van der Waals surface area contributed by atoms with Crippen LogP contribution in [0.2, 0.25) is 0 Å². The third-order valence-corrected chi connectivity index (χ3v) is 9.38. The topological polar surface area (TPSA) is 86.8 Å². The predicted octanol–water partition coefficient (Wildman–Crippen LogP) is 1.48. The van der Waals surface area contributed by atoms with Crippen LogP contribution in [0.4, 0.5) is 4.39 Å². The fraction of sp³-hybridized carbons (Fsp3) is 0.700. The van der Waals surface area contributed by atoms with Crippen molar-refractivity contribution in [1.82, 2.24) is 13.9 Å². The summed E-state index contributed by atoms with van der Waals surface area (Å²) >= 11 is 0. The number of benzene rings is 1. The molecule has 2 saturated heterocycles. The van der Waals surface area contributed by atoms with Gasteiger partial charge in [0.05, 0.1) is 12.0 Å². The SMILES string of the molecule is CS(=O)(=O)NCCCS(=O)(=O)N1CCC[C@H]2CN3CCc4ccc(F)cc4[C@@H]3C[C@H]21. The molecule has 1 N–H and O–H groups in total. The minimum absolute atomic E-state index is 0.0494. The van der Waals surface area contributed by atoms with Gasteiger partial charge in [0.2, 0.25) is 20.0 Å². The Morgan fingerprint density at radius 3 is 2.77 bits per heavy atom. The van der Waals surface area contributed by atoms with Crippen LogP contribution >= 0.6 is 0 Å². The van der Waals surface area contributed by atoms with E-state index in [1.807, 2.05) is 6.07 Å². The molecule has 3 aliphatic heterocycles. The van der Waals surface area contributed by atoms with Crippen molar-refractivity contribution in [2.75, 3.05) is 38.2 Å². The Labute approximate surface area is 178 Å². The molecule has 1 aromatic rings. The van der Waals surface area contributed by atoms with Gasteiger partial charge in [-0.25, -0.2) is 25.9 Å². The highest BCUT2D eigenvalue weighted by Gasteiger charge is 2.45. The van der Waals surface area contributed by atoms with Gasteiger partial charge in [-0.3, -0.25) is 4.90 Å². The normalized spacial score (nSPS) is 27.9. The zero-order valence-electron chi connectivity index (χ0n) is 17.3. The van der Waals surface area contributed by atoms with Crippen LogP contribution in [-0.4, -0.2) is 70.3 Å². The molecule has 3 atom stereocenters. The van der Waals surface area contributed by atoms with Gasteiger partial charge in [0.15, 0.2) is 0 Å². The van der Waals surface area contributed by atoms with Gasteiger partial charge in [-0.15, -0.1) is 0 Å². The number of fused-ring (bicyclic) bond motifs is 4. The van der Waals surface area contributed by atoms with E-state index in [4.69, 9.17) is 0 Å². The highest BCUT2D eigenvalue weighted by atomic mass is 32.2. The summed E-state index contributed by atoms with van der Waals surface area (Å²) < 4.78 is 66.6. The van der Waals surface area contributed by atoms with E-state index in [2.05, 4.69) is 9.62 Å².